The van der Waals surface area contributed by atoms with Crippen molar-refractivity contribution in [2.24, 2.45) is 0 Å². The molecular formula is C20H24N2O5S. The van der Waals surface area contributed by atoms with Crippen LogP contribution in [0.1, 0.15) is 28.9 Å². The molecule has 1 aliphatic heterocycles. The van der Waals surface area contributed by atoms with E-state index in [1.807, 2.05) is 43.0 Å². The molecule has 0 unspecified atom stereocenters. The van der Waals surface area contributed by atoms with E-state index in [1.165, 1.54) is 0 Å². The number of aromatic carboxylic acids is 1. The van der Waals surface area contributed by atoms with Gasteiger partial charge in [0.25, 0.3) is 0 Å². The highest BCUT2D eigenvalue weighted by molar-refractivity contribution is 7.12. The molecule has 0 saturated carbocycles. The third-order valence-corrected chi connectivity index (χ3v) is 5.00. The lowest BCUT2D eigenvalue weighted by Crippen LogP contribution is -2.37. The molecule has 2 aliphatic rings. The average Bonchev–Trinajstić information content (AvgIpc) is 3.25. The topological polar surface area (TPSA) is 104 Å². The summed E-state index contributed by atoms with van der Waals surface area (Å²) in [6.45, 7) is 2.91. The van der Waals surface area contributed by atoms with Crippen molar-refractivity contribution >= 4 is 42.0 Å². The number of likely N-dealkylation sites (N-methyl/N-ethyl adjacent to an activating group) is 1. The van der Waals surface area contributed by atoms with E-state index in [9.17, 15) is 14.4 Å². The molecule has 2 heterocycles. The molecule has 3 rings (SSSR count). The SMILES string of the molecule is C=O.CN1CCC[C@@H]1C(=O)Nc1ccsc1C(=O)O.O=CC1=CCC=CC=C1. The number of carboxylic acid groups (broad SMARTS) is 1. The number of likely N-dealkylation sites (tertiary alicyclic amines) is 1. The van der Waals surface area contributed by atoms with Crippen molar-refractivity contribution in [3.8, 4) is 0 Å². The zero-order valence-corrected chi connectivity index (χ0v) is 16.5. The van der Waals surface area contributed by atoms with Gasteiger partial charge in [0.2, 0.25) is 5.91 Å². The lowest BCUT2D eigenvalue weighted by molar-refractivity contribution is -0.120. The van der Waals surface area contributed by atoms with Gasteiger partial charge in [-0.3, -0.25) is 14.5 Å². The van der Waals surface area contributed by atoms with Crippen LogP contribution in [0.4, 0.5) is 5.69 Å². The Morgan fingerprint density at radius 3 is 2.71 bits per heavy atom. The monoisotopic (exact) mass is 404 g/mol. The molecule has 1 fully saturated rings. The summed E-state index contributed by atoms with van der Waals surface area (Å²) < 4.78 is 0. The number of carbonyl (C=O) groups excluding carboxylic acids is 3. The third kappa shape index (κ3) is 7.05. The first-order chi connectivity index (χ1) is 13.5. The molecule has 1 amide bonds. The van der Waals surface area contributed by atoms with Crippen LogP contribution in [0.2, 0.25) is 0 Å². The summed E-state index contributed by atoms with van der Waals surface area (Å²) in [5, 5.41) is 13.3. The Labute approximate surface area is 168 Å². The van der Waals surface area contributed by atoms with Crippen LogP contribution in [0.3, 0.4) is 0 Å². The fourth-order valence-corrected chi connectivity index (χ4v) is 3.40. The molecule has 28 heavy (non-hydrogen) atoms. The van der Waals surface area contributed by atoms with Crippen LogP contribution in [0.5, 0.6) is 0 Å². The van der Waals surface area contributed by atoms with Gasteiger partial charge in [-0.15, -0.1) is 11.3 Å². The fourth-order valence-electron chi connectivity index (χ4n) is 2.71. The summed E-state index contributed by atoms with van der Waals surface area (Å²) in [5.74, 6) is -1.12. The Bertz CT molecular complexity index is 766. The van der Waals surface area contributed by atoms with Gasteiger partial charge in [-0.1, -0.05) is 30.4 Å². The summed E-state index contributed by atoms with van der Waals surface area (Å²) in [4.78, 5) is 43.2. The van der Waals surface area contributed by atoms with E-state index in [4.69, 9.17) is 9.90 Å². The van der Waals surface area contributed by atoms with E-state index in [0.717, 1.165) is 49.0 Å². The Morgan fingerprint density at radius 1 is 1.36 bits per heavy atom. The molecule has 1 aromatic rings. The molecule has 1 atom stereocenters. The number of anilines is 1. The average molecular weight is 404 g/mol. The van der Waals surface area contributed by atoms with Gasteiger partial charge in [0.05, 0.1) is 11.7 Å². The second-order valence-corrected chi connectivity index (χ2v) is 6.86. The van der Waals surface area contributed by atoms with E-state index >= 15 is 0 Å². The van der Waals surface area contributed by atoms with Crippen LogP contribution in [-0.4, -0.2) is 54.6 Å². The number of aldehydes is 1. The number of carbonyl (C=O) groups is 4. The van der Waals surface area contributed by atoms with Gasteiger partial charge in [-0.2, -0.15) is 0 Å². The lowest BCUT2D eigenvalue weighted by atomic mass is 10.2. The van der Waals surface area contributed by atoms with Crippen molar-refractivity contribution < 1.29 is 24.3 Å². The highest BCUT2D eigenvalue weighted by Crippen LogP contribution is 2.24. The number of carboxylic acids is 1. The van der Waals surface area contributed by atoms with E-state index < -0.39 is 5.97 Å². The second kappa shape index (κ2) is 12.5. The summed E-state index contributed by atoms with van der Waals surface area (Å²) in [5.41, 5.74) is 1.16. The number of allylic oxidation sites excluding steroid dienone is 6. The molecular weight excluding hydrogens is 380 g/mol. The van der Waals surface area contributed by atoms with Crippen LogP contribution >= 0.6 is 11.3 Å². The standard InChI is InChI=1S/C11H14N2O3S.C8H8O.CH2O/c1-13-5-2-3-8(13)10(14)12-7-4-6-17-9(7)11(15)16;9-7-8-5-3-1-2-4-6-8;1-2/h4,6,8H,2-3,5H2,1H3,(H,12,14)(H,15,16);1-3,5-7H,4H2;1H2/t8-;;/m1../s1. The van der Waals surface area contributed by atoms with Gasteiger partial charge in [-0.05, 0) is 44.3 Å². The quantitative estimate of drug-likeness (QED) is 0.748. The molecule has 1 aliphatic carbocycles. The van der Waals surface area contributed by atoms with Crippen LogP contribution in [0.25, 0.3) is 0 Å². The Balaban J connectivity index is 0.000000301. The first kappa shape index (κ1) is 23.2. The number of nitrogens with one attached hydrogen (secondary N) is 1. The molecule has 8 heteroatoms. The zero-order chi connectivity index (χ0) is 20.9. The third-order valence-electron chi connectivity index (χ3n) is 4.10. The minimum atomic E-state index is -1.00. The summed E-state index contributed by atoms with van der Waals surface area (Å²) in [6.07, 6.45) is 13.1. The van der Waals surface area contributed by atoms with Crippen molar-refractivity contribution in [1.82, 2.24) is 4.90 Å². The molecule has 0 spiro atoms. The lowest BCUT2D eigenvalue weighted by Gasteiger charge is -2.18. The van der Waals surface area contributed by atoms with Crippen molar-refractivity contribution in [2.75, 3.05) is 18.9 Å². The van der Waals surface area contributed by atoms with E-state index in [2.05, 4.69) is 5.32 Å². The number of thiophene rings is 1. The molecule has 1 saturated heterocycles. The molecule has 2 N–H and O–H groups in total. The smallest absolute Gasteiger partial charge is 0.348 e. The zero-order valence-electron chi connectivity index (χ0n) is 15.7. The maximum atomic E-state index is 12.0. The molecule has 1 aromatic heterocycles. The van der Waals surface area contributed by atoms with E-state index in [1.54, 1.807) is 17.5 Å². The van der Waals surface area contributed by atoms with Gasteiger partial charge >= 0.3 is 5.97 Å². The predicted octanol–water partition coefficient (Wildman–Crippen LogP) is 2.92. The molecule has 150 valence electrons. The van der Waals surface area contributed by atoms with Crippen LogP contribution in [-0.2, 0) is 14.4 Å². The number of amides is 1. The van der Waals surface area contributed by atoms with Gasteiger partial charge in [0.1, 0.15) is 18.0 Å². The summed E-state index contributed by atoms with van der Waals surface area (Å²) in [7, 11) is 1.91. The second-order valence-electron chi connectivity index (χ2n) is 5.94. The van der Waals surface area contributed by atoms with Crippen LogP contribution in [0, 0.1) is 0 Å². The van der Waals surface area contributed by atoms with Crippen LogP contribution in [0.15, 0.2) is 47.4 Å². The minimum absolute atomic E-state index is 0.120. The largest absolute Gasteiger partial charge is 0.477 e. The van der Waals surface area contributed by atoms with E-state index in [0.29, 0.717) is 5.69 Å². The van der Waals surface area contributed by atoms with Crippen molar-refractivity contribution in [1.29, 1.82) is 0 Å². The number of hydrogen-bond donors (Lipinski definition) is 2. The first-order valence-corrected chi connectivity index (χ1v) is 9.50. The predicted molar refractivity (Wildman–Crippen MR) is 110 cm³/mol. The number of rotatable bonds is 4. The van der Waals surface area contributed by atoms with E-state index in [-0.39, 0.29) is 16.8 Å². The normalized spacial score (nSPS) is 17.9. The van der Waals surface area contributed by atoms with Crippen LogP contribution < -0.4 is 5.32 Å². The summed E-state index contributed by atoms with van der Waals surface area (Å²) in [6, 6.07) is 1.48. The maximum Gasteiger partial charge on any atom is 0.348 e. The molecule has 7 nitrogen and oxygen atoms in total. The van der Waals surface area contributed by atoms with Crippen molar-refractivity contribution in [3.63, 3.8) is 0 Å². The van der Waals surface area contributed by atoms with Gasteiger partial charge in [-0.25, -0.2) is 4.79 Å². The molecule has 0 bridgehead atoms. The Kier molecular flexibility index (Phi) is 10.4. The van der Waals surface area contributed by atoms with Gasteiger partial charge < -0.3 is 15.2 Å². The summed E-state index contributed by atoms with van der Waals surface area (Å²) >= 11 is 1.12. The van der Waals surface area contributed by atoms with Crippen molar-refractivity contribution in [3.05, 3.63) is 52.3 Å². The Morgan fingerprint density at radius 2 is 2.11 bits per heavy atom. The van der Waals surface area contributed by atoms with Crippen molar-refractivity contribution in [2.45, 2.75) is 25.3 Å². The molecule has 0 aromatic carbocycles. The minimum Gasteiger partial charge on any atom is -0.477 e. The molecule has 0 radical (unpaired) electrons. The highest BCUT2D eigenvalue weighted by atomic mass is 32.1. The number of nitrogens with zero attached hydrogens (tertiary/aromatic N) is 1. The first-order valence-electron chi connectivity index (χ1n) is 8.62. The fraction of sp³-hybridized carbons (Fsp3) is 0.300. The highest BCUT2D eigenvalue weighted by Gasteiger charge is 2.28. The maximum absolute atomic E-state index is 12.0. The Hall–Kier alpha value is -2.84. The number of hydrogen-bond acceptors (Lipinski definition) is 6. The van der Waals surface area contributed by atoms with Gasteiger partial charge in [0.15, 0.2) is 0 Å². The van der Waals surface area contributed by atoms with Gasteiger partial charge in [0, 0.05) is 5.57 Å².